The zero-order chi connectivity index (χ0) is 26.0. The van der Waals surface area contributed by atoms with E-state index >= 15 is 0 Å². The third-order valence-electron chi connectivity index (χ3n) is 6.03. The van der Waals surface area contributed by atoms with Crippen LogP contribution in [0.1, 0.15) is 24.3 Å². The maximum atomic E-state index is 13.1. The molecule has 10 nitrogen and oxygen atoms in total. The van der Waals surface area contributed by atoms with Crippen molar-refractivity contribution in [2.75, 3.05) is 24.0 Å². The zero-order valence-electron chi connectivity index (χ0n) is 19.6. The number of hydrogen-bond donors (Lipinski definition) is 1. The number of rotatable bonds is 5. The van der Waals surface area contributed by atoms with E-state index in [-0.39, 0.29) is 47.3 Å². The quantitative estimate of drug-likeness (QED) is 0.497. The molecule has 2 aromatic rings. The number of allylic oxidation sites excluding steroid dienone is 1. The summed E-state index contributed by atoms with van der Waals surface area (Å²) in [7, 11) is 2.33. The molecule has 10 heteroatoms. The Morgan fingerprint density at radius 2 is 1.42 bits per heavy atom. The first-order chi connectivity index (χ1) is 17.3. The molecule has 2 amide bonds. The number of ether oxygens (including phenoxy) is 2. The minimum absolute atomic E-state index is 0.0308. The number of imide groups is 1. The van der Waals surface area contributed by atoms with Crippen LogP contribution in [0.25, 0.3) is 0 Å². The molecule has 2 aromatic carbocycles. The normalized spacial score (nSPS) is 17.9. The third kappa shape index (κ3) is 3.96. The first-order valence-electron chi connectivity index (χ1n) is 11.0. The highest BCUT2D eigenvalue weighted by Gasteiger charge is 2.43. The number of benzene rings is 2. The van der Waals surface area contributed by atoms with E-state index in [0.29, 0.717) is 16.9 Å². The molecule has 2 aliphatic heterocycles. The number of nitriles is 1. The first kappa shape index (κ1) is 24.2. The summed E-state index contributed by atoms with van der Waals surface area (Å²) >= 11 is 0. The number of carbonyl (C=O) groups is 4. The van der Waals surface area contributed by atoms with Gasteiger partial charge in [0.15, 0.2) is 0 Å². The zero-order valence-corrected chi connectivity index (χ0v) is 19.6. The van der Waals surface area contributed by atoms with Gasteiger partial charge in [-0.3, -0.25) is 19.4 Å². The lowest BCUT2D eigenvalue weighted by Crippen LogP contribution is -2.40. The second-order valence-electron chi connectivity index (χ2n) is 7.97. The second kappa shape index (κ2) is 9.76. The maximum Gasteiger partial charge on any atom is 0.355 e. The van der Waals surface area contributed by atoms with Crippen LogP contribution in [0.15, 0.2) is 77.3 Å². The number of esters is 2. The van der Waals surface area contributed by atoms with Crippen LogP contribution in [-0.4, -0.2) is 38.0 Å². The number of nitrogens with two attached hydrogens (primary N) is 1. The van der Waals surface area contributed by atoms with E-state index in [0.717, 1.165) is 12.0 Å². The summed E-state index contributed by atoms with van der Waals surface area (Å²) in [5.41, 5.74) is 7.37. The summed E-state index contributed by atoms with van der Waals surface area (Å²) in [6.07, 6.45) is 0.263. The molecule has 0 radical (unpaired) electrons. The van der Waals surface area contributed by atoms with Gasteiger partial charge in [0.1, 0.15) is 11.5 Å². The molecule has 2 heterocycles. The molecular weight excluding hydrogens is 464 g/mol. The Labute approximate surface area is 206 Å². The molecule has 0 saturated carbocycles. The molecule has 1 saturated heterocycles. The van der Waals surface area contributed by atoms with Gasteiger partial charge in [0.2, 0.25) is 11.8 Å². The van der Waals surface area contributed by atoms with Gasteiger partial charge in [0.05, 0.1) is 43.0 Å². The molecule has 1 fully saturated rings. The highest BCUT2D eigenvalue weighted by Crippen LogP contribution is 2.43. The summed E-state index contributed by atoms with van der Waals surface area (Å²) in [6.45, 7) is 0. The number of carbonyl (C=O) groups excluding carboxylic acids is 4. The van der Waals surface area contributed by atoms with Gasteiger partial charge >= 0.3 is 11.9 Å². The number of hydrogen-bond acceptors (Lipinski definition) is 9. The molecule has 0 aromatic heterocycles. The van der Waals surface area contributed by atoms with E-state index in [1.165, 1.54) is 36.3 Å². The van der Waals surface area contributed by atoms with Crippen LogP contribution in [-0.2, 0) is 28.7 Å². The van der Waals surface area contributed by atoms with Crippen molar-refractivity contribution in [1.82, 2.24) is 0 Å². The molecular formula is C26H22N4O6. The molecule has 182 valence electrons. The van der Waals surface area contributed by atoms with E-state index in [1.807, 2.05) is 0 Å². The molecule has 1 unspecified atom stereocenters. The van der Waals surface area contributed by atoms with E-state index in [4.69, 9.17) is 15.2 Å². The monoisotopic (exact) mass is 486 g/mol. The fourth-order valence-electron chi connectivity index (χ4n) is 4.40. The molecule has 0 aliphatic carbocycles. The lowest BCUT2D eigenvalue weighted by molar-refractivity contribution is -0.139. The van der Waals surface area contributed by atoms with Crippen LogP contribution in [0.2, 0.25) is 0 Å². The minimum atomic E-state index is -0.979. The summed E-state index contributed by atoms with van der Waals surface area (Å²) in [5, 5.41) is 10.1. The van der Waals surface area contributed by atoms with Crippen LogP contribution < -0.4 is 15.5 Å². The van der Waals surface area contributed by atoms with Crippen LogP contribution in [0.3, 0.4) is 0 Å². The SMILES string of the molecule is COC(=O)C1=C(C(=O)OC)N(c2ccc(N3C(=O)CCC3=O)cc2)C(N)=C(C#N)C1c1ccccc1. The van der Waals surface area contributed by atoms with Crippen molar-refractivity contribution >= 4 is 35.1 Å². The highest BCUT2D eigenvalue weighted by molar-refractivity contribution is 6.19. The fraction of sp³-hybridized carbons (Fsp3) is 0.192. The fourth-order valence-corrected chi connectivity index (χ4v) is 4.40. The number of methoxy groups -OCH3 is 2. The molecule has 0 spiro atoms. The molecule has 2 N–H and O–H groups in total. The molecule has 0 bridgehead atoms. The largest absolute Gasteiger partial charge is 0.466 e. The van der Waals surface area contributed by atoms with E-state index in [1.54, 1.807) is 30.3 Å². The second-order valence-corrected chi connectivity index (χ2v) is 7.97. The average Bonchev–Trinajstić information content (AvgIpc) is 3.25. The van der Waals surface area contributed by atoms with Gasteiger partial charge < -0.3 is 15.2 Å². The number of nitrogens with zero attached hydrogens (tertiary/aromatic N) is 3. The van der Waals surface area contributed by atoms with Crippen molar-refractivity contribution in [1.29, 1.82) is 5.26 Å². The van der Waals surface area contributed by atoms with Gasteiger partial charge in [-0.2, -0.15) is 5.26 Å². The number of amides is 2. The van der Waals surface area contributed by atoms with E-state index in [2.05, 4.69) is 6.07 Å². The topological polar surface area (TPSA) is 143 Å². The Hall–Kier alpha value is -4.91. The van der Waals surface area contributed by atoms with Gasteiger partial charge in [-0.1, -0.05) is 30.3 Å². The summed E-state index contributed by atoms with van der Waals surface area (Å²) in [6, 6.07) is 16.8. The predicted octanol–water partition coefficient (Wildman–Crippen LogP) is 2.24. The van der Waals surface area contributed by atoms with Crippen molar-refractivity contribution < 1.29 is 28.7 Å². The van der Waals surface area contributed by atoms with Crippen molar-refractivity contribution in [2.45, 2.75) is 18.8 Å². The van der Waals surface area contributed by atoms with E-state index in [9.17, 15) is 24.4 Å². The van der Waals surface area contributed by atoms with E-state index < -0.39 is 17.9 Å². The summed E-state index contributed by atoms with van der Waals surface area (Å²) in [4.78, 5) is 52.7. The predicted molar refractivity (Wildman–Crippen MR) is 128 cm³/mol. The van der Waals surface area contributed by atoms with Crippen LogP contribution >= 0.6 is 0 Å². The lowest BCUT2D eigenvalue weighted by atomic mass is 9.81. The standard InChI is InChI=1S/C26H22N4O6/c1-35-25(33)22-21(15-6-4-3-5-7-15)18(14-27)24(28)30(23(22)26(34)36-2)17-10-8-16(9-11-17)29-19(31)12-13-20(29)32/h3-11,21H,12-13,28H2,1-2H3. The minimum Gasteiger partial charge on any atom is -0.466 e. The molecule has 1 atom stereocenters. The van der Waals surface area contributed by atoms with Crippen molar-refractivity contribution in [3.8, 4) is 6.07 Å². The molecule has 4 rings (SSSR count). The Morgan fingerprint density at radius 1 is 0.889 bits per heavy atom. The van der Waals surface area contributed by atoms with Gasteiger partial charge in [-0.15, -0.1) is 0 Å². The molecule has 36 heavy (non-hydrogen) atoms. The molecule has 2 aliphatic rings. The van der Waals surface area contributed by atoms with Gasteiger partial charge in [-0.25, -0.2) is 9.59 Å². The highest BCUT2D eigenvalue weighted by atomic mass is 16.5. The van der Waals surface area contributed by atoms with Gasteiger partial charge in [-0.05, 0) is 29.8 Å². The van der Waals surface area contributed by atoms with Gasteiger partial charge in [0, 0.05) is 18.5 Å². The third-order valence-corrected chi connectivity index (χ3v) is 6.03. The summed E-state index contributed by atoms with van der Waals surface area (Å²) < 4.78 is 10.00. The average molecular weight is 486 g/mol. The van der Waals surface area contributed by atoms with Gasteiger partial charge in [0.25, 0.3) is 0 Å². The number of anilines is 2. The summed E-state index contributed by atoms with van der Waals surface area (Å²) in [5.74, 6) is -3.39. The smallest absolute Gasteiger partial charge is 0.355 e. The Kier molecular flexibility index (Phi) is 6.56. The van der Waals surface area contributed by atoms with Crippen LogP contribution in [0, 0.1) is 11.3 Å². The van der Waals surface area contributed by atoms with Crippen molar-refractivity contribution in [3.05, 3.63) is 82.8 Å². The van der Waals surface area contributed by atoms with Crippen molar-refractivity contribution in [2.24, 2.45) is 5.73 Å². The Bertz CT molecular complexity index is 1340. The first-order valence-corrected chi connectivity index (χ1v) is 11.0. The Balaban J connectivity index is 1.93. The Morgan fingerprint density at radius 3 is 1.92 bits per heavy atom. The van der Waals surface area contributed by atoms with Crippen LogP contribution in [0.4, 0.5) is 11.4 Å². The van der Waals surface area contributed by atoms with Crippen LogP contribution in [0.5, 0.6) is 0 Å². The van der Waals surface area contributed by atoms with Crippen molar-refractivity contribution in [3.63, 3.8) is 0 Å². The maximum absolute atomic E-state index is 13.1. The lowest BCUT2D eigenvalue weighted by Gasteiger charge is -2.36.